The van der Waals surface area contributed by atoms with E-state index in [2.05, 4.69) is 20.1 Å². The van der Waals surface area contributed by atoms with Crippen LogP contribution in [0.15, 0.2) is 13.2 Å². The van der Waals surface area contributed by atoms with E-state index in [9.17, 15) is 4.79 Å². The molecule has 0 fully saturated rings. The molecule has 0 unspecified atom stereocenters. The van der Waals surface area contributed by atoms with Crippen LogP contribution in [0.3, 0.4) is 0 Å². The van der Waals surface area contributed by atoms with Crippen molar-refractivity contribution in [2.45, 2.75) is 85.4 Å². The van der Waals surface area contributed by atoms with Gasteiger partial charge in [0.15, 0.2) is 6.29 Å². The summed E-state index contributed by atoms with van der Waals surface area (Å²) >= 11 is 0. The molecule has 0 spiro atoms. The molecule has 21 heavy (non-hydrogen) atoms. The highest BCUT2D eigenvalue weighted by Crippen LogP contribution is 2.07. The van der Waals surface area contributed by atoms with Crippen molar-refractivity contribution >= 4 is 6.29 Å². The van der Waals surface area contributed by atoms with Crippen molar-refractivity contribution in [3.63, 3.8) is 0 Å². The molecule has 0 bridgehead atoms. The largest absolute Gasteiger partial charge is 0.353 e. The molecule has 0 aromatic heterocycles. The van der Waals surface area contributed by atoms with E-state index in [-0.39, 0.29) is 6.29 Å². The van der Waals surface area contributed by atoms with Crippen molar-refractivity contribution in [1.82, 2.24) is 0 Å². The highest BCUT2D eigenvalue weighted by atomic mass is 16.7. The summed E-state index contributed by atoms with van der Waals surface area (Å²) in [6.07, 6.45) is 10.8. The molecule has 0 N–H and O–H groups in total. The van der Waals surface area contributed by atoms with Crippen LogP contribution in [0.2, 0.25) is 0 Å². The second-order valence-electron chi connectivity index (χ2n) is 4.55. The van der Waals surface area contributed by atoms with Gasteiger partial charge in [0.1, 0.15) is 6.29 Å². The minimum Gasteiger partial charge on any atom is -0.353 e. The summed E-state index contributed by atoms with van der Waals surface area (Å²) in [4.78, 5) is 9.94. The molecule has 0 saturated heterocycles. The average molecular weight is 302 g/mol. The molecule has 3 heteroatoms. The van der Waals surface area contributed by atoms with Gasteiger partial charge in [-0.1, -0.05) is 45.4 Å². The molecule has 0 atom stereocenters. The molecule has 0 aliphatic carbocycles. The van der Waals surface area contributed by atoms with E-state index in [0.29, 0.717) is 0 Å². The molecule has 0 amide bonds. The summed E-state index contributed by atoms with van der Waals surface area (Å²) in [5, 5.41) is 0. The lowest BCUT2D eigenvalue weighted by molar-refractivity contribution is -0.123. The molecular weight excluding hydrogens is 264 g/mol. The van der Waals surface area contributed by atoms with Crippen molar-refractivity contribution < 1.29 is 14.3 Å². The Hall–Kier alpha value is -0.670. The Morgan fingerprint density at radius 3 is 1.67 bits per heavy atom. The van der Waals surface area contributed by atoms with E-state index in [1.807, 2.05) is 20.8 Å². The van der Waals surface area contributed by atoms with Gasteiger partial charge in [-0.25, -0.2) is 0 Å². The number of aldehydes is 1. The van der Waals surface area contributed by atoms with Gasteiger partial charge in [0, 0.05) is 19.6 Å². The first kappa shape index (κ1) is 25.3. The van der Waals surface area contributed by atoms with Crippen molar-refractivity contribution in [1.29, 1.82) is 0 Å². The number of hydrogen-bond acceptors (Lipinski definition) is 3. The number of unbranched alkanes of at least 4 members (excludes halogenated alkanes) is 7. The average Bonchev–Trinajstić information content (AvgIpc) is 2.50. The lowest BCUT2D eigenvalue weighted by atomic mass is 10.1. The van der Waals surface area contributed by atoms with E-state index in [1.165, 1.54) is 38.5 Å². The van der Waals surface area contributed by atoms with Gasteiger partial charge in [0.2, 0.25) is 0 Å². The molecule has 0 radical (unpaired) electrons. The summed E-state index contributed by atoms with van der Waals surface area (Å²) in [7, 11) is 0. The fraction of sp³-hybridized carbons (Fsp3) is 0.833. The van der Waals surface area contributed by atoms with Crippen LogP contribution < -0.4 is 0 Å². The standard InChI is InChI=1S/C10H20O.C6H14O2.C2H4/c1-2-3-4-5-6-7-8-9-10-11;1-4-7-6(3)8-5-2;1-2/h10H,2-9H2,1H3;6H,4-5H2,1-3H3;1-2H2. The highest BCUT2D eigenvalue weighted by molar-refractivity contribution is 5.48. The maximum atomic E-state index is 9.94. The highest BCUT2D eigenvalue weighted by Gasteiger charge is 1.94. The zero-order valence-electron chi connectivity index (χ0n) is 14.9. The lowest BCUT2D eigenvalue weighted by Gasteiger charge is -2.09. The van der Waals surface area contributed by atoms with Crippen LogP contribution in [0.4, 0.5) is 0 Å². The molecule has 0 aromatic rings. The molecule has 128 valence electrons. The van der Waals surface area contributed by atoms with Crippen LogP contribution in [-0.4, -0.2) is 25.8 Å². The Bertz CT molecular complexity index is 166. The molecule has 0 aromatic carbocycles. The minimum absolute atomic E-state index is 0.0370. The molecule has 0 aliphatic heterocycles. The van der Waals surface area contributed by atoms with Crippen molar-refractivity contribution in [3.05, 3.63) is 13.2 Å². The van der Waals surface area contributed by atoms with Gasteiger partial charge >= 0.3 is 0 Å². The van der Waals surface area contributed by atoms with Gasteiger partial charge in [0.25, 0.3) is 0 Å². The Morgan fingerprint density at radius 1 is 0.857 bits per heavy atom. The Kier molecular flexibility index (Phi) is 33.3. The topological polar surface area (TPSA) is 35.5 Å². The molecule has 0 aliphatic rings. The monoisotopic (exact) mass is 302 g/mol. The molecule has 3 nitrogen and oxygen atoms in total. The third kappa shape index (κ3) is 32.7. The predicted molar refractivity (Wildman–Crippen MR) is 92.6 cm³/mol. The van der Waals surface area contributed by atoms with Crippen molar-refractivity contribution in [2.24, 2.45) is 0 Å². The van der Waals surface area contributed by atoms with Gasteiger partial charge in [-0.05, 0) is 27.2 Å². The molecular formula is C18H38O3. The van der Waals surface area contributed by atoms with Crippen LogP contribution in [-0.2, 0) is 14.3 Å². The molecule has 0 heterocycles. The van der Waals surface area contributed by atoms with Crippen LogP contribution in [0, 0.1) is 0 Å². The first-order valence-corrected chi connectivity index (χ1v) is 8.39. The van der Waals surface area contributed by atoms with Gasteiger partial charge in [-0.15, -0.1) is 13.2 Å². The quantitative estimate of drug-likeness (QED) is 0.206. The number of rotatable bonds is 12. The maximum Gasteiger partial charge on any atom is 0.154 e. The van der Waals surface area contributed by atoms with Gasteiger partial charge < -0.3 is 14.3 Å². The Morgan fingerprint density at radius 2 is 1.29 bits per heavy atom. The predicted octanol–water partition coefficient (Wildman–Crippen LogP) is 5.53. The number of hydrogen-bond donors (Lipinski definition) is 0. The summed E-state index contributed by atoms with van der Waals surface area (Å²) in [6, 6.07) is 0. The van der Waals surface area contributed by atoms with Crippen molar-refractivity contribution in [3.8, 4) is 0 Å². The second kappa shape index (κ2) is 27.6. The summed E-state index contributed by atoms with van der Waals surface area (Å²) in [5.74, 6) is 0. The first-order chi connectivity index (χ1) is 10.2. The van der Waals surface area contributed by atoms with E-state index in [4.69, 9.17) is 9.47 Å². The van der Waals surface area contributed by atoms with Crippen molar-refractivity contribution in [2.75, 3.05) is 13.2 Å². The summed E-state index contributed by atoms with van der Waals surface area (Å²) < 4.78 is 10.1. The zero-order valence-corrected chi connectivity index (χ0v) is 14.9. The summed E-state index contributed by atoms with van der Waals surface area (Å²) in [5.41, 5.74) is 0. The Labute approximate surface area is 133 Å². The molecule has 0 saturated carbocycles. The molecule has 0 rings (SSSR count). The van der Waals surface area contributed by atoms with Crippen LogP contribution in [0.1, 0.15) is 79.1 Å². The SMILES string of the molecule is C=C.CCCCCCCCCC=O.CCOC(C)OCC. The van der Waals surface area contributed by atoms with Crippen LogP contribution in [0.5, 0.6) is 0 Å². The number of carbonyl (C=O) groups excluding carboxylic acids is 1. The normalized spacial score (nSPS) is 9.38. The van der Waals surface area contributed by atoms with E-state index >= 15 is 0 Å². The third-order valence-electron chi connectivity index (χ3n) is 2.73. The lowest BCUT2D eigenvalue weighted by Crippen LogP contribution is -2.11. The third-order valence-corrected chi connectivity index (χ3v) is 2.73. The maximum absolute atomic E-state index is 9.94. The number of ether oxygens (including phenoxy) is 2. The fourth-order valence-electron chi connectivity index (χ4n) is 1.70. The summed E-state index contributed by atoms with van der Waals surface area (Å²) in [6.45, 7) is 15.5. The van der Waals surface area contributed by atoms with Crippen LogP contribution >= 0.6 is 0 Å². The van der Waals surface area contributed by atoms with Gasteiger partial charge in [-0.3, -0.25) is 0 Å². The van der Waals surface area contributed by atoms with Gasteiger partial charge in [-0.2, -0.15) is 0 Å². The van der Waals surface area contributed by atoms with E-state index in [0.717, 1.165) is 32.3 Å². The van der Waals surface area contributed by atoms with Gasteiger partial charge in [0.05, 0.1) is 0 Å². The number of carbonyl (C=O) groups is 1. The smallest absolute Gasteiger partial charge is 0.154 e. The fourth-order valence-corrected chi connectivity index (χ4v) is 1.70. The second-order valence-corrected chi connectivity index (χ2v) is 4.55. The zero-order chi connectivity index (χ0) is 16.8. The minimum atomic E-state index is -0.0370. The first-order valence-electron chi connectivity index (χ1n) is 8.39. The Balaban J connectivity index is -0.000000286. The van der Waals surface area contributed by atoms with E-state index < -0.39 is 0 Å². The van der Waals surface area contributed by atoms with E-state index in [1.54, 1.807) is 0 Å². The van der Waals surface area contributed by atoms with Crippen LogP contribution in [0.25, 0.3) is 0 Å².